The van der Waals surface area contributed by atoms with Gasteiger partial charge in [-0.3, -0.25) is 37.7 Å². The summed E-state index contributed by atoms with van der Waals surface area (Å²) in [6.07, 6.45) is -10.5. The van der Waals surface area contributed by atoms with Crippen molar-refractivity contribution in [2.45, 2.75) is 170 Å². The summed E-state index contributed by atoms with van der Waals surface area (Å²) in [5, 5.41) is 32.7. The molecule has 4 heterocycles. The highest BCUT2D eigenvalue weighted by atomic mass is 35.5. The number of aliphatic hydroxyl groups is 1. The molecule has 27 heteroatoms. The molecular formula is C63H79ClN6O15P2SSi2. The third kappa shape index (κ3) is 15.8. The Morgan fingerprint density at radius 3 is 1.51 bits per heavy atom. The van der Waals surface area contributed by atoms with Crippen LogP contribution in [0.25, 0.3) is 0 Å². The summed E-state index contributed by atoms with van der Waals surface area (Å²) in [6, 6.07) is 38.6. The SMILES string of the molecule is Cc1cn([C@@H]2O[C@H](C(O)C(c3ccccc3)(c3ccccc3)c3ccccc3)[C@@H](OP(=O)(OC[C@H]3O[C@@H](n4cc(C)c(=O)[nH]c4=O)C(O[Si](C)(C)C(C)(C)C)[C@@H]3OP(OCCC#N)OCCC#N)Sc3ccc(Cl)cc3)C2O[Si](C)(C)C(C)(C)C)c(=O)[nH]c1=O. The van der Waals surface area contributed by atoms with Crippen LogP contribution in [0, 0.1) is 36.5 Å². The van der Waals surface area contributed by atoms with E-state index in [1.807, 2.05) is 171 Å². The van der Waals surface area contributed by atoms with Crippen molar-refractivity contribution in [1.82, 2.24) is 19.1 Å². The van der Waals surface area contributed by atoms with E-state index in [9.17, 15) is 34.8 Å². The fraction of sp³-hybridized carbons (Fsp3) is 0.460. The van der Waals surface area contributed by atoms with E-state index in [1.54, 1.807) is 24.3 Å². The lowest BCUT2D eigenvalue weighted by atomic mass is 9.64. The fourth-order valence-corrected chi connectivity index (χ4v) is 17.5. The van der Waals surface area contributed by atoms with Crippen molar-refractivity contribution in [3.05, 3.63) is 202 Å². The lowest BCUT2D eigenvalue weighted by Crippen LogP contribution is -2.54. The molecule has 21 nitrogen and oxygen atoms in total. The van der Waals surface area contributed by atoms with Gasteiger partial charge >= 0.3 is 26.8 Å². The van der Waals surface area contributed by atoms with Gasteiger partial charge in [-0.1, -0.05) is 144 Å². The van der Waals surface area contributed by atoms with Gasteiger partial charge in [0.1, 0.15) is 42.7 Å². The number of benzene rings is 4. The molecule has 0 spiro atoms. The monoisotopic (exact) mass is 1340 g/mol. The Labute approximate surface area is 536 Å². The van der Waals surface area contributed by atoms with E-state index in [0.717, 1.165) is 0 Å². The summed E-state index contributed by atoms with van der Waals surface area (Å²) in [4.78, 5) is 59.7. The average Bonchev–Trinajstić information content (AvgIpc) is 1.33. The number of halogens is 1. The van der Waals surface area contributed by atoms with Crippen LogP contribution >= 0.6 is 38.4 Å². The first-order valence-corrected chi connectivity index (χ1v) is 39.7. The molecule has 2 aromatic heterocycles. The molecule has 0 amide bonds. The number of aromatic amines is 2. The van der Waals surface area contributed by atoms with Crippen molar-refractivity contribution >= 4 is 55.0 Å². The first-order chi connectivity index (χ1) is 42.4. The molecule has 0 saturated carbocycles. The van der Waals surface area contributed by atoms with Gasteiger partial charge in [-0.15, -0.1) is 0 Å². The Morgan fingerprint density at radius 2 is 1.09 bits per heavy atom. The molecule has 90 heavy (non-hydrogen) atoms. The van der Waals surface area contributed by atoms with Crippen LogP contribution in [0.15, 0.2) is 152 Å². The number of ether oxygens (including phenoxy) is 2. The van der Waals surface area contributed by atoms with Crippen molar-refractivity contribution in [3.63, 3.8) is 0 Å². The standard InChI is InChI=1S/C63H79ClN6O15P2SSi2/c1-41-38-69(59(74)67-55(41)72)57-52(84-89(9,10)61(3,4)5)49(82-86(77-36-22-34-65)78-37-23-35-66)48(80-57)40-79-87(76,88-47-32-30-46(64)31-33-47)83-50-51(81-58(53(50)85-90(11,12)62(6,7)8)70-39-42(2)56(73)68-60(70)75)54(71)63(43-24-16-13-17-25-43,44-26-18-14-19-27-44)45-28-20-15-21-29-45/h13-21,24-33,38-39,48-54,57-58,71H,22-23,36-37,40H2,1-12H3,(H,67,72,74)(H,68,73,75)/t48-,49-,50-,51+,52?,53?,54?,57-,58-,87?/m1/s1. The predicted octanol–water partition coefficient (Wildman–Crippen LogP) is 12.1. The summed E-state index contributed by atoms with van der Waals surface area (Å²) in [6.45, 7) is 17.2. The van der Waals surface area contributed by atoms with E-state index in [0.29, 0.717) is 38.0 Å². The van der Waals surface area contributed by atoms with Crippen LogP contribution in [-0.4, -0.2) is 103 Å². The largest absolute Gasteiger partial charge is 0.407 e. The molecule has 6 aromatic rings. The number of aliphatic hydroxyl groups excluding tert-OH is 1. The van der Waals surface area contributed by atoms with E-state index in [-0.39, 0.29) is 37.2 Å². The molecule has 4 unspecified atom stereocenters. The highest BCUT2D eigenvalue weighted by molar-refractivity contribution is 8.55. The van der Waals surface area contributed by atoms with E-state index < -0.39 is 132 Å². The second-order valence-electron chi connectivity index (χ2n) is 25.2. The van der Waals surface area contributed by atoms with Crippen LogP contribution in [0.1, 0.15) is 94.7 Å². The molecule has 482 valence electrons. The van der Waals surface area contributed by atoms with E-state index in [2.05, 4.69) is 9.97 Å². The number of nitrogens with zero attached hydrogens (tertiary/aromatic N) is 4. The number of rotatable bonds is 26. The molecule has 4 aromatic carbocycles. The van der Waals surface area contributed by atoms with Crippen molar-refractivity contribution in [2.24, 2.45) is 0 Å². The average molecular weight is 1350 g/mol. The van der Waals surface area contributed by atoms with Crippen molar-refractivity contribution < 1.29 is 50.6 Å². The van der Waals surface area contributed by atoms with Crippen LogP contribution in [0.4, 0.5) is 0 Å². The number of H-pyrrole nitrogens is 2. The second-order valence-corrected chi connectivity index (χ2v) is 40.2. The van der Waals surface area contributed by atoms with Crippen LogP contribution < -0.4 is 22.5 Å². The number of nitrogens with one attached hydrogen (secondary N) is 2. The maximum absolute atomic E-state index is 17.0. The Hall–Kier alpha value is -5.45. The van der Waals surface area contributed by atoms with Gasteiger partial charge in [0.2, 0.25) is 0 Å². The maximum atomic E-state index is 17.0. The predicted molar refractivity (Wildman–Crippen MR) is 349 cm³/mol. The zero-order chi connectivity index (χ0) is 65.6. The minimum atomic E-state index is -4.94. The summed E-state index contributed by atoms with van der Waals surface area (Å²) in [7, 11) is -8.48. The lowest BCUT2D eigenvalue weighted by molar-refractivity contribution is -0.0975. The molecule has 2 aliphatic rings. The van der Waals surface area contributed by atoms with Crippen molar-refractivity contribution in [3.8, 4) is 12.1 Å². The number of aromatic nitrogens is 4. The van der Waals surface area contributed by atoms with Gasteiger partial charge in [0, 0.05) is 33.4 Å². The molecular weight excluding hydrogens is 1270 g/mol. The maximum Gasteiger partial charge on any atom is 0.394 e. The first-order valence-electron chi connectivity index (χ1n) is 29.5. The number of hydrogen-bond acceptors (Lipinski definition) is 18. The fourth-order valence-electron chi connectivity index (χ4n) is 10.2. The summed E-state index contributed by atoms with van der Waals surface area (Å²) in [5.41, 5.74) is -2.28. The van der Waals surface area contributed by atoms with E-state index in [1.165, 1.54) is 35.4 Å². The third-order valence-electron chi connectivity index (χ3n) is 17.0. The van der Waals surface area contributed by atoms with Gasteiger partial charge < -0.3 is 37.0 Å². The van der Waals surface area contributed by atoms with Gasteiger partial charge in [0.25, 0.3) is 11.1 Å². The smallest absolute Gasteiger partial charge is 0.394 e. The lowest BCUT2D eigenvalue weighted by Gasteiger charge is -2.44. The minimum Gasteiger partial charge on any atom is -0.407 e. The Balaban J connectivity index is 1.36. The van der Waals surface area contributed by atoms with Crippen LogP contribution in [0.2, 0.25) is 41.3 Å². The molecule has 2 fully saturated rings. The first kappa shape index (κ1) is 70.4. The molecule has 0 bridgehead atoms. The van der Waals surface area contributed by atoms with E-state index in [4.69, 9.17) is 52.5 Å². The molecule has 10 atom stereocenters. The van der Waals surface area contributed by atoms with Gasteiger partial charge in [-0.25, -0.2) is 14.2 Å². The molecule has 8 rings (SSSR count). The Kier molecular flexibility index (Phi) is 22.9. The number of hydrogen-bond donors (Lipinski definition) is 3. The summed E-state index contributed by atoms with van der Waals surface area (Å²) >= 11 is 7.18. The number of aryl methyl sites for hydroxylation is 2. The third-order valence-corrected chi connectivity index (χ3v) is 30.9. The zero-order valence-electron chi connectivity index (χ0n) is 52.5. The van der Waals surface area contributed by atoms with Crippen LogP contribution in [0.3, 0.4) is 0 Å². The van der Waals surface area contributed by atoms with Crippen molar-refractivity contribution in [1.29, 1.82) is 10.5 Å². The summed E-state index contributed by atoms with van der Waals surface area (Å²) in [5.74, 6) is 0. The Bertz CT molecular complexity index is 3690. The normalized spacial score (nSPS) is 21.8. The van der Waals surface area contributed by atoms with Crippen molar-refractivity contribution in [2.75, 3.05) is 19.8 Å². The van der Waals surface area contributed by atoms with E-state index >= 15 is 4.57 Å². The zero-order valence-corrected chi connectivity index (χ0v) is 57.8. The number of nitriles is 2. The topological polar surface area (TPSA) is 278 Å². The molecule has 3 N–H and O–H groups in total. The highest BCUT2D eigenvalue weighted by Crippen LogP contribution is 2.67. The quantitative estimate of drug-likeness (QED) is 0.0197. The van der Waals surface area contributed by atoms with Gasteiger partial charge in [0.15, 0.2) is 29.1 Å². The second kappa shape index (κ2) is 29.2. The van der Waals surface area contributed by atoms with Gasteiger partial charge in [-0.2, -0.15) is 10.5 Å². The van der Waals surface area contributed by atoms with Crippen LogP contribution in [0.5, 0.6) is 0 Å². The molecule has 0 radical (unpaired) electrons. The Morgan fingerprint density at radius 1 is 0.667 bits per heavy atom. The van der Waals surface area contributed by atoms with Gasteiger partial charge in [-0.05, 0) is 102 Å². The molecule has 0 aliphatic carbocycles. The molecule has 2 aliphatic heterocycles. The van der Waals surface area contributed by atoms with Gasteiger partial charge in [0.05, 0.1) is 50.2 Å². The van der Waals surface area contributed by atoms with Crippen LogP contribution in [-0.2, 0) is 50.9 Å². The minimum absolute atomic E-state index is 0.0559. The highest BCUT2D eigenvalue weighted by Gasteiger charge is 2.61. The summed E-state index contributed by atoms with van der Waals surface area (Å²) < 4.78 is 81.2. The molecule has 2 saturated heterocycles.